The van der Waals surface area contributed by atoms with Crippen molar-refractivity contribution in [3.8, 4) is 0 Å². The maximum atomic E-state index is 12.2. The van der Waals surface area contributed by atoms with Gasteiger partial charge in [0.15, 0.2) is 0 Å². The van der Waals surface area contributed by atoms with Gasteiger partial charge >= 0.3 is 0 Å². The summed E-state index contributed by atoms with van der Waals surface area (Å²) in [5, 5.41) is 1.74. The summed E-state index contributed by atoms with van der Waals surface area (Å²) in [6.45, 7) is 3.32. The summed E-state index contributed by atoms with van der Waals surface area (Å²) in [5.41, 5.74) is 5.44. The van der Waals surface area contributed by atoms with Crippen LogP contribution in [0.2, 0.25) is 0 Å². The fraction of sp³-hybridized carbons (Fsp3) is 0.636. The molecule has 1 fully saturated rings. The molecular weight excluding hydrogens is 254 g/mol. The summed E-state index contributed by atoms with van der Waals surface area (Å²) < 4.78 is 29.7. The summed E-state index contributed by atoms with van der Waals surface area (Å²) in [6.07, 6.45) is 3.18. The molecule has 2 rings (SSSR count). The predicted molar refractivity (Wildman–Crippen MR) is 67.1 cm³/mol. The fourth-order valence-electron chi connectivity index (χ4n) is 2.10. The third-order valence-electron chi connectivity index (χ3n) is 3.02. The van der Waals surface area contributed by atoms with Crippen LogP contribution in [-0.2, 0) is 16.6 Å². The van der Waals surface area contributed by atoms with Crippen molar-refractivity contribution < 1.29 is 12.8 Å². The first-order valence-electron chi connectivity index (χ1n) is 6.10. The van der Waals surface area contributed by atoms with E-state index in [9.17, 15) is 8.42 Å². The molecule has 102 valence electrons. The smallest absolute Gasteiger partial charge is 0.256 e. The van der Waals surface area contributed by atoms with E-state index in [1.54, 1.807) is 11.9 Å². The molecule has 2 heterocycles. The number of hydrogen-bond acceptors (Lipinski definition) is 5. The van der Waals surface area contributed by atoms with Crippen molar-refractivity contribution in [3.63, 3.8) is 0 Å². The molecule has 0 aromatic carbocycles. The van der Waals surface area contributed by atoms with Crippen molar-refractivity contribution in [2.24, 2.45) is 5.73 Å². The lowest BCUT2D eigenvalue weighted by Gasteiger charge is -2.26. The van der Waals surface area contributed by atoms with Crippen molar-refractivity contribution in [1.82, 2.24) is 9.84 Å². The van der Waals surface area contributed by atoms with E-state index in [0.717, 1.165) is 32.4 Å². The van der Waals surface area contributed by atoms with Crippen molar-refractivity contribution in [2.75, 3.05) is 13.1 Å². The fourth-order valence-corrected chi connectivity index (χ4v) is 3.42. The number of furan rings is 1. The van der Waals surface area contributed by atoms with Crippen LogP contribution in [0.25, 0.3) is 0 Å². The van der Waals surface area contributed by atoms with Crippen LogP contribution >= 0.6 is 0 Å². The maximum absolute atomic E-state index is 12.2. The van der Waals surface area contributed by atoms with Crippen LogP contribution in [0.4, 0.5) is 0 Å². The van der Waals surface area contributed by atoms with E-state index >= 15 is 0 Å². The highest BCUT2D eigenvalue weighted by molar-refractivity contribution is 7.89. The van der Waals surface area contributed by atoms with Gasteiger partial charge in [0, 0.05) is 19.2 Å². The molecular formula is C11H19N3O3S. The highest BCUT2D eigenvalue weighted by atomic mass is 32.2. The van der Waals surface area contributed by atoms with Gasteiger partial charge in [0.2, 0.25) is 0 Å². The molecule has 0 saturated carbocycles. The average molecular weight is 273 g/mol. The molecule has 1 aromatic heterocycles. The van der Waals surface area contributed by atoms with Crippen molar-refractivity contribution in [1.29, 1.82) is 0 Å². The number of aryl methyl sites for hydroxylation is 1. The molecule has 7 heteroatoms. The van der Waals surface area contributed by atoms with Gasteiger partial charge in [0.05, 0.1) is 6.54 Å². The van der Waals surface area contributed by atoms with Gasteiger partial charge < -0.3 is 10.2 Å². The normalized spacial score (nSPS) is 18.1. The number of rotatable bonds is 4. The monoisotopic (exact) mass is 273 g/mol. The summed E-state index contributed by atoms with van der Waals surface area (Å²) in [4.78, 5) is 2.77. The Morgan fingerprint density at radius 2 is 2.06 bits per heavy atom. The zero-order chi connectivity index (χ0) is 13.2. The van der Waals surface area contributed by atoms with E-state index in [-0.39, 0.29) is 11.4 Å². The lowest BCUT2D eigenvalue weighted by Crippen LogP contribution is -2.44. The molecule has 0 aliphatic carbocycles. The van der Waals surface area contributed by atoms with E-state index < -0.39 is 10.0 Å². The van der Waals surface area contributed by atoms with Crippen LogP contribution in [0.15, 0.2) is 15.4 Å². The van der Waals surface area contributed by atoms with Crippen LogP contribution < -0.4 is 10.6 Å². The highest BCUT2D eigenvalue weighted by Gasteiger charge is 2.24. The Bertz CT molecular complexity index is 504. The molecule has 1 aromatic rings. The predicted octanol–water partition coefficient (Wildman–Crippen LogP) is 0.726. The number of nitrogens with one attached hydrogen (secondary N) is 1. The molecule has 0 amide bonds. The second-order valence-electron chi connectivity index (χ2n) is 4.48. The summed E-state index contributed by atoms with van der Waals surface area (Å²) in [5.74, 6) is 0.853. The van der Waals surface area contributed by atoms with E-state index in [2.05, 4.69) is 4.83 Å². The van der Waals surface area contributed by atoms with Gasteiger partial charge in [-0.05, 0) is 19.8 Å². The number of hydrazine groups is 1. The van der Waals surface area contributed by atoms with Gasteiger partial charge in [0.25, 0.3) is 10.0 Å². The van der Waals surface area contributed by atoms with Gasteiger partial charge in [-0.25, -0.2) is 13.4 Å². The van der Waals surface area contributed by atoms with Gasteiger partial charge in [-0.15, -0.1) is 4.83 Å². The molecule has 6 nitrogen and oxygen atoms in total. The molecule has 1 aliphatic rings. The zero-order valence-corrected chi connectivity index (χ0v) is 11.3. The SMILES string of the molecule is Cc1oc(CN)cc1S(=O)(=O)NN1CCCCC1. The summed E-state index contributed by atoms with van der Waals surface area (Å²) >= 11 is 0. The first-order chi connectivity index (χ1) is 8.53. The topological polar surface area (TPSA) is 88.6 Å². The minimum Gasteiger partial charge on any atom is -0.464 e. The molecule has 1 aliphatic heterocycles. The molecule has 3 N–H and O–H groups in total. The molecule has 0 spiro atoms. The second kappa shape index (κ2) is 5.40. The minimum atomic E-state index is -3.55. The van der Waals surface area contributed by atoms with E-state index in [4.69, 9.17) is 10.2 Å². The molecule has 0 atom stereocenters. The minimum absolute atomic E-state index is 0.175. The molecule has 0 bridgehead atoms. The van der Waals surface area contributed by atoms with Crippen LogP contribution in [0, 0.1) is 6.92 Å². The van der Waals surface area contributed by atoms with Crippen LogP contribution in [0.1, 0.15) is 30.8 Å². The lowest BCUT2D eigenvalue weighted by atomic mass is 10.2. The Labute approximate surface area is 107 Å². The third kappa shape index (κ3) is 2.92. The number of nitrogens with zero attached hydrogens (tertiary/aromatic N) is 1. The number of hydrogen-bond donors (Lipinski definition) is 2. The Morgan fingerprint density at radius 3 is 2.61 bits per heavy atom. The first kappa shape index (κ1) is 13.5. The highest BCUT2D eigenvalue weighted by Crippen LogP contribution is 2.20. The first-order valence-corrected chi connectivity index (χ1v) is 7.58. The Morgan fingerprint density at radius 1 is 1.39 bits per heavy atom. The Kier molecular flexibility index (Phi) is 4.06. The summed E-state index contributed by atoms with van der Waals surface area (Å²) in [7, 11) is -3.55. The molecule has 1 saturated heterocycles. The van der Waals surface area contributed by atoms with Gasteiger partial charge in [-0.3, -0.25) is 0 Å². The standard InChI is InChI=1S/C11H19N3O3S/c1-9-11(7-10(8-12)17-9)18(15,16)13-14-5-3-2-4-6-14/h7,13H,2-6,8,12H2,1H3. The molecule has 18 heavy (non-hydrogen) atoms. The van der Waals surface area contributed by atoms with Gasteiger partial charge in [-0.2, -0.15) is 0 Å². The van der Waals surface area contributed by atoms with Crippen LogP contribution in [-0.4, -0.2) is 26.5 Å². The van der Waals surface area contributed by atoms with Crippen molar-refractivity contribution in [2.45, 2.75) is 37.6 Å². The van der Waals surface area contributed by atoms with E-state index in [1.165, 1.54) is 6.07 Å². The maximum Gasteiger partial charge on any atom is 0.256 e. The average Bonchev–Trinajstić information content (AvgIpc) is 2.72. The summed E-state index contributed by atoms with van der Waals surface area (Å²) in [6, 6.07) is 1.49. The second-order valence-corrected chi connectivity index (χ2v) is 6.11. The number of piperidine rings is 1. The Hall–Kier alpha value is -0.890. The molecule has 0 unspecified atom stereocenters. The van der Waals surface area contributed by atoms with E-state index in [1.807, 2.05) is 0 Å². The lowest BCUT2D eigenvalue weighted by molar-refractivity contribution is 0.200. The van der Waals surface area contributed by atoms with Crippen molar-refractivity contribution >= 4 is 10.0 Å². The van der Waals surface area contributed by atoms with Crippen molar-refractivity contribution in [3.05, 3.63) is 17.6 Å². The van der Waals surface area contributed by atoms with Crippen LogP contribution in [0.3, 0.4) is 0 Å². The quantitative estimate of drug-likeness (QED) is 0.844. The zero-order valence-electron chi connectivity index (χ0n) is 10.5. The number of nitrogens with two attached hydrogens (primary N) is 1. The number of sulfonamides is 1. The Balaban J connectivity index is 2.16. The van der Waals surface area contributed by atoms with Gasteiger partial charge in [-0.1, -0.05) is 6.42 Å². The van der Waals surface area contributed by atoms with Crippen LogP contribution in [0.5, 0.6) is 0 Å². The molecule has 0 radical (unpaired) electrons. The largest absolute Gasteiger partial charge is 0.464 e. The third-order valence-corrected chi connectivity index (χ3v) is 4.50. The van der Waals surface area contributed by atoms with Gasteiger partial charge in [0.1, 0.15) is 16.4 Å². The van der Waals surface area contributed by atoms with E-state index in [0.29, 0.717) is 11.5 Å².